The Morgan fingerprint density at radius 2 is 1.96 bits per heavy atom. The molecule has 1 aromatic carbocycles. The van der Waals surface area contributed by atoms with Gasteiger partial charge < -0.3 is 15.0 Å². The maximum Gasteiger partial charge on any atom is 0.264 e. The van der Waals surface area contributed by atoms with Crippen LogP contribution in [0.5, 0.6) is 5.75 Å². The van der Waals surface area contributed by atoms with Crippen molar-refractivity contribution in [1.29, 1.82) is 0 Å². The third kappa shape index (κ3) is 6.70. The van der Waals surface area contributed by atoms with Crippen molar-refractivity contribution in [2.45, 2.75) is 53.1 Å². The zero-order valence-corrected chi connectivity index (χ0v) is 17.0. The third-order valence-corrected chi connectivity index (χ3v) is 4.04. The number of nitrogens with one attached hydrogen (secondary N) is 1. The van der Waals surface area contributed by atoms with Gasteiger partial charge in [0.25, 0.3) is 12.3 Å². The predicted octanol–water partition coefficient (Wildman–Crippen LogP) is 5.16. The molecule has 1 N–H and O–H groups in total. The van der Waals surface area contributed by atoms with Gasteiger partial charge in [-0.1, -0.05) is 26.0 Å². The molecule has 0 heterocycles. The zero-order chi connectivity index (χ0) is 20.6. The van der Waals surface area contributed by atoms with E-state index in [9.17, 15) is 13.6 Å². The van der Waals surface area contributed by atoms with Crippen LogP contribution in [0.3, 0.4) is 0 Å². The van der Waals surface area contributed by atoms with E-state index in [1.54, 1.807) is 38.1 Å². The number of hydrogen-bond acceptors (Lipinski definition) is 3. The molecule has 1 amide bonds. The Kier molecular flexibility index (Phi) is 8.98. The highest BCUT2D eigenvalue weighted by atomic mass is 19.3. The van der Waals surface area contributed by atoms with Gasteiger partial charge in [0.1, 0.15) is 5.75 Å². The fraction of sp³-hybridized carbons (Fsp3) is 0.476. The first-order valence-corrected chi connectivity index (χ1v) is 9.15. The Hall–Kier alpha value is -2.37. The lowest BCUT2D eigenvalue weighted by atomic mass is 10.0. The van der Waals surface area contributed by atoms with E-state index >= 15 is 0 Å². The summed E-state index contributed by atoms with van der Waals surface area (Å²) in [4.78, 5) is 14.4. The summed E-state index contributed by atoms with van der Waals surface area (Å²) in [5.74, 6) is 0.0889. The van der Waals surface area contributed by atoms with E-state index in [1.807, 2.05) is 26.8 Å². The minimum atomic E-state index is -2.73. The van der Waals surface area contributed by atoms with E-state index in [1.165, 1.54) is 12.3 Å². The number of carbonyl (C=O) groups excluding carboxylic acids is 1. The number of benzene rings is 1. The van der Waals surface area contributed by atoms with Gasteiger partial charge in [-0.05, 0) is 38.8 Å². The number of hydrogen-bond donors (Lipinski definition) is 1. The fourth-order valence-electron chi connectivity index (χ4n) is 2.43. The maximum absolute atomic E-state index is 13.5. The van der Waals surface area contributed by atoms with Gasteiger partial charge in [-0.2, -0.15) is 0 Å². The molecule has 1 atom stereocenters. The summed E-state index contributed by atoms with van der Waals surface area (Å²) < 4.78 is 32.8. The quantitative estimate of drug-likeness (QED) is 0.475. The summed E-state index contributed by atoms with van der Waals surface area (Å²) in [7, 11) is 3.38. The summed E-state index contributed by atoms with van der Waals surface area (Å²) in [5, 5.41) is 2.75. The number of ether oxygens (including phenoxy) is 1. The molecule has 6 heteroatoms. The molecule has 0 saturated carbocycles. The average Bonchev–Trinajstić information content (AvgIpc) is 2.60. The highest BCUT2D eigenvalue weighted by Gasteiger charge is 2.23. The van der Waals surface area contributed by atoms with Crippen LogP contribution in [0.2, 0.25) is 0 Å². The topological polar surface area (TPSA) is 41.6 Å². The van der Waals surface area contributed by atoms with E-state index in [2.05, 4.69) is 5.32 Å². The van der Waals surface area contributed by atoms with Crippen molar-refractivity contribution in [3.8, 4) is 5.75 Å². The average molecular weight is 380 g/mol. The second-order valence-corrected chi connectivity index (χ2v) is 6.59. The zero-order valence-electron chi connectivity index (χ0n) is 17.0. The first kappa shape index (κ1) is 22.7. The van der Waals surface area contributed by atoms with Crippen molar-refractivity contribution in [1.82, 2.24) is 4.90 Å². The van der Waals surface area contributed by atoms with Crippen LogP contribution >= 0.6 is 0 Å². The van der Waals surface area contributed by atoms with Crippen molar-refractivity contribution in [2.24, 2.45) is 0 Å². The molecular weight excluding hydrogens is 350 g/mol. The molecule has 0 bridgehead atoms. The molecule has 0 saturated heterocycles. The molecule has 150 valence electrons. The fourth-order valence-corrected chi connectivity index (χ4v) is 2.43. The van der Waals surface area contributed by atoms with Crippen molar-refractivity contribution >= 4 is 11.6 Å². The Morgan fingerprint density at radius 3 is 2.48 bits per heavy atom. The van der Waals surface area contributed by atoms with Crippen LogP contribution in [0.25, 0.3) is 0 Å². The summed E-state index contributed by atoms with van der Waals surface area (Å²) in [6.45, 7) is 7.58. The standard InChI is InChI=1S/C21H30F2N2O2/c1-7-10-16(20(22)23)17(13-25(5)6)21(26)24-18-11-9-12-19(15(18)4)27-14(3)8-2/h9-14,20H,7-8H2,1-6H3,(H,24,26)/b16-10-,17-13+. The van der Waals surface area contributed by atoms with Crippen LogP contribution in [0.15, 0.2) is 41.6 Å². The summed E-state index contributed by atoms with van der Waals surface area (Å²) in [6.07, 6.45) is 1.37. The molecule has 0 aromatic heterocycles. The molecule has 1 unspecified atom stereocenters. The first-order chi connectivity index (χ1) is 12.7. The molecule has 0 fully saturated rings. The first-order valence-electron chi connectivity index (χ1n) is 9.15. The SMILES string of the molecule is CC/C=C(/C(=C\N(C)C)C(=O)Nc1cccc(OC(C)CC)c1C)C(F)F. The molecular formula is C21H30F2N2O2. The lowest BCUT2D eigenvalue weighted by Gasteiger charge is -2.19. The van der Waals surface area contributed by atoms with Gasteiger partial charge >= 0.3 is 0 Å². The van der Waals surface area contributed by atoms with E-state index in [0.717, 1.165) is 12.0 Å². The minimum Gasteiger partial charge on any atom is -0.490 e. The van der Waals surface area contributed by atoms with Crippen molar-refractivity contribution in [2.75, 3.05) is 19.4 Å². The van der Waals surface area contributed by atoms with Gasteiger partial charge in [-0.3, -0.25) is 4.79 Å². The summed E-state index contributed by atoms with van der Waals surface area (Å²) in [5.41, 5.74) is 0.974. The van der Waals surface area contributed by atoms with E-state index in [0.29, 0.717) is 17.9 Å². The Balaban J connectivity index is 3.20. The van der Waals surface area contributed by atoms with Gasteiger partial charge in [-0.15, -0.1) is 0 Å². The molecule has 1 aromatic rings. The summed E-state index contributed by atoms with van der Waals surface area (Å²) in [6, 6.07) is 5.33. The molecule has 0 aliphatic carbocycles. The van der Waals surface area contributed by atoms with Crippen LogP contribution < -0.4 is 10.1 Å². The van der Waals surface area contributed by atoms with Crippen molar-refractivity contribution < 1.29 is 18.3 Å². The van der Waals surface area contributed by atoms with Crippen LogP contribution in [0, 0.1) is 6.92 Å². The number of rotatable bonds is 9. The molecule has 0 spiro atoms. The van der Waals surface area contributed by atoms with Gasteiger partial charge in [0.2, 0.25) is 0 Å². The normalized spacial score (nSPS) is 13.5. The Morgan fingerprint density at radius 1 is 1.30 bits per heavy atom. The van der Waals surface area contributed by atoms with E-state index < -0.39 is 12.3 Å². The van der Waals surface area contributed by atoms with Crippen molar-refractivity contribution in [3.05, 3.63) is 47.2 Å². The number of halogens is 2. The molecule has 27 heavy (non-hydrogen) atoms. The van der Waals surface area contributed by atoms with Gasteiger partial charge in [0.05, 0.1) is 11.7 Å². The third-order valence-electron chi connectivity index (χ3n) is 4.04. The summed E-state index contributed by atoms with van der Waals surface area (Å²) >= 11 is 0. The smallest absolute Gasteiger partial charge is 0.264 e. The van der Waals surface area contributed by atoms with E-state index in [-0.39, 0.29) is 17.3 Å². The van der Waals surface area contributed by atoms with Crippen molar-refractivity contribution in [3.63, 3.8) is 0 Å². The van der Waals surface area contributed by atoms with E-state index in [4.69, 9.17) is 4.74 Å². The Bertz CT molecular complexity index is 697. The molecule has 0 aliphatic heterocycles. The second kappa shape index (κ2) is 10.7. The molecule has 4 nitrogen and oxygen atoms in total. The number of nitrogens with zero attached hydrogens (tertiary/aromatic N) is 1. The Labute approximate surface area is 160 Å². The highest BCUT2D eigenvalue weighted by molar-refractivity contribution is 6.07. The van der Waals surface area contributed by atoms with Crippen LogP contribution in [0.1, 0.15) is 39.2 Å². The lowest BCUT2D eigenvalue weighted by Crippen LogP contribution is -2.21. The number of carbonyl (C=O) groups is 1. The second-order valence-electron chi connectivity index (χ2n) is 6.59. The lowest BCUT2D eigenvalue weighted by molar-refractivity contribution is -0.112. The maximum atomic E-state index is 13.5. The largest absolute Gasteiger partial charge is 0.490 e. The van der Waals surface area contributed by atoms with Gasteiger partial charge in [0, 0.05) is 37.1 Å². The number of allylic oxidation sites excluding steroid dienone is 1. The van der Waals surface area contributed by atoms with Crippen LogP contribution in [-0.4, -0.2) is 37.4 Å². The van der Waals surface area contributed by atoms with Crippen LogP contribution in [-0.2, 0) is 4.79 Å². The molecule has 0 radical (unpaired) electrons. The predicted molar refractivity (Wildman–Crippen MR) is 106 cm³/mol. The molecule has 0 aliphatic rings. The van der Waals surface area contributed by atoms with Gasteiger partial charge in [0.15, 0.2) is 0 Å². The highest BCUT2D eigenvalue weighted by Crippen LogP contribution is 2.28. The molecule has 1 rings (SSSR count). The number of anilines is 1. The minimum absolute atomic E-state index is 0.0387. The number of alkyl halides is 2. The number of amides is 1. The van der Waals surface area contributed by atoms with Crippen LogP contribution in [0.4, 0.5) is 14.5 Å². The monoisotopic (exact) mass is 380 g/mol. The van der Waals surface area contributed by atoms with Gasteiger partial charge in [-0.25, -0.2) is 8.78 Å².